The zero-order valence-electron chi connectivity index (χ0n) is 12.5. The lowest BCUT2D eigenvalue weighted by atomic mass is 9.97. The van der Waals surface area contributed by atoms with E-state index >= 15 is 0 Å². The molecule has 2 aromatic rings. The van der Waals surface area contributed by atoms with E-state index in [4.69, 9.17) is 0 Å². The van der Waals surface area contributed by atoms with Crippen LogP contribution in [0.3, 0.4) is 0 Å². The molecule has 0 atom stereocenters. The van der Waals surface area contributed by atoms with Crippen LogP contribution in [-0.4, -0.2) is 5.78 Å². The van der Waals surface area contributed by atoms with Crippen LogP contribution in [0.5, 0.6) is 0 Å². The van der Waals surface area contributed by atoms with Gasteiger partial charge < -0.3 is 0 Å². The first-order valence-corrected chi connectivity index (χ1v) is 7.35. The molecule has 2 aromatic carbocycles. The number of hydrogen-bond acceptors (Lipinski definition) is 1. The van der Waals surface area contributed by atoms with Crippen LogP contribution in [-0.2, 0) is 6.42 Å². The summed E-state index contributed by atoms with van der Waals surface area (Å²) in [5.74, 6) is 0.254. The number of hydrogen-bond donors (Lipinski definition) is 0. The molecule has 0 aromatic heterocycles. The highest BCUT2D eigenvalue weighted by atomic mass is 16.1. The molecule has 0 bridgehead atoms. The van der Waals surface area contributed by atoms with Gasteiger partial charge in [-0.2, -0.15) is 0 Å². The molecule has 0 aliphatic rings. The Kier molecular flexibility index (Phi) is 4.73. The van der Waals surface area contributed by atoms with Crippen molar-refractivity contribution >= 4 is 5.78 Å². The molecule has 104 valence electrons. The summed E-state index contributed by atoms with van der Waals surface area (Å²) in [4.78, 5) is 11.9. The van der Waals surface area contributed by atoms with Gasteiger partial charge in [0.1, 0.15) is 0 Å². The fourth-order valence-corrected chi connectivity index (χ4v) is 2.31. The largest absolute Gasteiger partial charge is 0.294 e. The fraction of sp³-hybridized carbons (Fsp3) is 0.316. The van der Waals surface area contributed by atoms with Gasteiger partial charge in [-0.1, -0.05) is 75.7 Å². The van der Waals surface area contributed by atoms with Crippen molar-refractivity contribution < 1.29 is 4.79 Å². The fourth-order valence-electron chi connectivity index (χ4n) is 2.31. The molecule has 0 aliphatic carbocycles. The summed E-state index contributed by atoms with van der Waals surface area (Å²) in [7, 11) is 0. The zero-order valence-corrected chi connectivity index (χ0v) is 12.5. The van der Waals surface area contributed by atoms with Crippen molar-refractivity contribution in [2.24, 2.45) is 5.92 Å². The lowest BCUT2D eigenvalue weighted by Crippen LogP contribution is -2.06. The second-order valence-electron chi connectivity index (χ2n) is 5.54. The van der Waals surface area contributed by atoms with Gasteiger partial charge in [-0.15, -0.1) is 0 Å². The average Bonchev–Trinajstić information content (AvgIpc) is 2.48. The normalized spacial score (nSPS) is 10.8. The lowest BCUT2D eigenvalue weighted by Gasteiger charge is -2.07. The van der Waals surface area contributed by atoms with E-state index in [0.717, 1.165) is 17.5 Å². The predicted octanol–water partition coefficient (Wildman–Crippen LogP) is 5.14. The number of Topliss-reactive ketones (excluding diaryl/α,β-unsaturated/α-hetero) is 1. The van der Waals surface area contributed by atoms with E-state index in [1.54, 1.807) is 0 Å². The van der Waals surface area contributed by atoms with Gasteiger partial charge in [-0.25, -0.2) is 0 Å². The van der Waals surface area contributed by atoms with Crippen molar-refractivity contribution in [1.82, 2.24) is 0 Å². The average molecular weight is 266 g/mol. The third-order valence-corrected chi connectivity index (χ3v) is 3.52. The number of carbonyl (C=O) groups is 1. The lowest BCUT2D eigenvalue weighted by molar-refractivity contribution is 0.0939. The first kappa shape index (κ1) is 14.5. The van der Waals surface area contributed by atoms with Crippen molar-refractivity contribution in [2.45, 2.75) is 33.6 Å². The molecule has 20 heavy (non-hydrogen) atoms. The van der Waals surface area contributed by atoms with Gasteiger partial charge in [0.15, 0.2) is 5.78 Å². The quantitative estimate of drug-likeness (QED) is 0.684. The third-order valence-electron chi connectivity index (χ3n) is 3.52. The smallest absolute Gasteiger partial charge is 0.165 e. The van der Waals surface area contributed by atoms with Crippen LogP contribution >= 0.6 is 0 Å². The van der Waals surface area contributed by atoms with Crippen LogP contribution in [0.4, 0.5) is 0 Å². The van der Waals surface area contributed by atoms with Gasteiger partial charge in [0, 0.05) is 11.5 Å². The molecule has 2 rings (SSSR count). The Morgan fingerprint density at radius 2 is 1.40 bits per heavy atom. The van der Waals surface area contributed by atoms with E-state index in [9.17, 15) is 4.79 Å². The van der Waals surface area contributed by atoms with Crippen molar-refractivity contribution in [3.63, 3.8) is 0 Å². The first-order valence-electron chi connectivity index (χ1n) is 7.35. The molecule has 0 unspecified atom stereocenters. The van der Waals surface area contributed by atoms with Crippen molar-refractivity contribution in [3.8, 4) is 11.1 Å². The molecule has 0 saturated carbocycles. The van der Waals surface area contributed by atoms with Crippen LogP contribution in [0.1, 0.15) is 43.1 Å². The Morgan fingerprint density at radius 3 is 1.85 bits per heavy atom. The standard InChI is InChI=1S/C19H22O/c1-4-5-15-6-8-16(9-7-15)17-10-12-18(13-11-17)19(20)14(2)3/h6-14H,4-5H2,1-3H3. The van der Waals surface area contributed by atoms with Crippen LogP contribution in [0.2, 0.25) is 0 Å². The Labute approximate surface area is 121 Å². The summed E-state index contributed by atoms with van der Waals surface area (Å²) in [5, 5.41) is 0. The highest BCUT2D eigenvalue weighted by molar-refractivity contribution is 5.97. The van der Waals surface area contributed by atoms with Gasteiger partial charge >= 0.3 is 0 Å². The zero-order chi connectivity index (χ0) is 14.5. The maximum absolute atomic E-state index is 11.9. The molecular weight excluding hydrogens is 244 g/mol. The van der Waals surface area contributed by atoms with Crippen LogP contribution < -0.4 is 0 Å². The number of rotatable bonds is 5. The van der Waals surface area contributed by atoms with E-state index in [-0.39, 0.29) is 11.7 Å². The van der Waals surface area contributed by atoms with Gasteiger partial charge in [0.05, 0.1) is 0 Å². The Bertz CT molecular complexity index is 562. The van der Waals surface area contributed by atoms with Crippen LogP contribution in [0.15, 0.2) is 48.5 Å². The highest BCUT2D eigenvalue weighted by Crippen LogP contribution is 2.21. The van der Waals surface area contributed by atoms with E-state index in [1.165, 1.54) is 17.5 Å². The Morgan fingerprint density at radius 1 is 0.900 bits per heavy atom. The maximum atomic E-state index is 11.9. The summed E-state index contributed by atoms with van der Waals surface area (Å²) in [6, 6.07) is 16.6. The van der Waals surface area contributed by atoms with E-state index in [1.807, 2.05) is 38.1 Å². The summed E-state index contributed by atoms with van der Waals surface area (Å²) in [6.45, 7) is 6.06. The van der Waals surface area contributed by atoms with Gasteiger partial charge in [-0.3, -0.25) is 4.79 Å². The van der Waals surface area contributed by atoms with Crippen molar-refractivity contribution in [2.75, 3.05) is 0 Å². The molecule has 1 nitrogen and oxygen atoms in total. The number of benzene rings is 2. The monoisotopic (exact) mass is 266 g/mol. The summed E-state index contributed by atoms with van der Waals surface area (Å²) < 4.78 is 0. The molecule has 0 amide bonds. The summed E-state index contributed by atoms with van der Waals surface area (Å²) in [6.07, 6.45) is 2.30. The molecule has 0 spiro atoms. The minimum atomic E-state index is 0.0502. The molecule has 0 radical (unpaired) electrons. The van der Waals surface area contributed by atoms with E-state index < -0.39 is 0 Å². The van der Waals surface area contributed by atoms with E-state index in [0.29, 0.717) is 0 Å². The first-order chi connectivity index (χ1) is 9.61. The van der Waals surface area contributed by atoms with Gasteiger partial charge in [0.2, 0.25) is 0 Å². The van der Waals surface area contributed by atoms with Crippen LogP contribution in [0.25, 0.3) is 11.1 Å². The van der Waals surface area contributed by atoms with Gasteiger partial charge in [-0.05, 0) is 23.1 Å². The molecule has 0 aliphatic heterocycles. The second-order valence-corrected chi connectivity index (χ2v) is 5.54. The minimum absolute atomic E-state index is 0.0502. The number of carbonyl (C=O) groups excluding carboxylic acids is 1. The maximum Gasteiger partial charge on any atom is 0.165 e. The highest BCUT2D eigenvalue weighted by Gasteiger charge is 2.10. The number of aryl methyl sites for hydroxylation is 1. The van der Waals surface area contributed by atoms with Crippen molar-refractivity contribution in [3.05, 3.63) is 59.7 Å². The Balaban J connectivity index is 2.19. The number of ketones is 1. The van der Waals surface area contributed by atoms with E-state index in [2.05, 4.69) is 31.2 Å². The summed E-state index contributed by atoms with van der Waals surface area (Å²) >= 11 is 0. The third kappa shape index (κ3) is 3.36. The topological polar surface area (TPSA) is 17.1 Å². The molecule has 0 N–H and O–H groups in total. The predicted molar refractivity (Wildman–Crippen MR) is 85.0 cm³/mol. The second kappa shape index (κ2) is 6.51. The Hall–Kier alpha value is -1.89. The SMILES string of the molecule is CCCc1ccc(-c2ccc(C(=O)C(C)C)cc2)cc1. The molecule has 1 heteroatoms. The molecule has 0 heterocycles. The van der Waals surface area contributed by atoms with Crippen molar-refractivity contribution in [1.29, 1.82) is 0 Å². The molecule has 0 fully saturated rings. The summed E-state index contributed by atoms with van der Waals surface area (Å²) in [5.41, 5.74) is 4.54. The molecule has 0 saturated heterocycles. The van der Waals surface area contributed by atoms with Crippen LogP contribution in [0, 0.1) is 5.92 Å². The molecular formula is C19H22O. The van der Waals surface area contributed by atoms with Gasteiger partial charge in [0.25, 0.3) is 0 Å². The minimum Gasteiger partial charge on any atom is -0.294 e.